The molecule has 2 nitrogen and oxygen atoms in total. The van der Waals surface area contributed by atoms with E-state index in [1.165, 1.54) is 27.6 Å². The van der Waals surface area contributed by atoms with E-state index in [4.69, 9.17) is 0 Å². The quantitative estimate of drug-likeness (QED) is 0.749. The van der Waals surface area contributed by atoms with E-state index in [9.17, 15) is 0 Å². The van der Waals surface area contributed by atoms with Gasteiger partial charge in [-0.3, -0.25) is 0 Å². The molecule has 0 saturated heterocycles. The molecule has 2 atom stereocenters. The van der Waals surface area contributed by atoms with E-state index in [0.717, 1.165) is 6.42 Å². The van der Waals surface area contributed by atoms with Crippen LogP contribution in [0, 0.1) is 0 Å². The highest BCUT2D eigenvalue weighted by atomic mass is 14.9. The van der Waals surface area contributed by atoms with Crippen LogP contribution < -0.4 is 5.32 Å². The van der Waals surface area contributed by atoms with E-state index in [0.29, 0.717) is 12.0 Å². The van der Waals surface area contributed by atoms with Gasteiger partial charge in [0.1, 0.15) is 0 Å². The van der Waals surface area contributed by atoms with Crippen molar-refractivity contribution in [3.8, 4) is 0 Å². The van der Waals surface area contributed by atoms with Crippen LogP contribution in [0.5, 0.6) is 0 Å². The molecule has 1 aliphatic rings. The number of hydrogen-bond donors (Lipinski definition) is 1. The first-order chi connectivity index (χ1) is 10.3. The van der Waals surface area contributed by atoms with Gasteiger partial charge in [0.15, 0.2) is 0 Å². The number of benzene rings is 2. The molecule has 1 N–H and O–H groups in total. The van der Waals surface area contributed by atoms with Crippen LogP contribution in [-0.4, -0.2) is 11.6 Å². The molecule has 4 rings (SSSR count). The van der Waals surface area contributed by atoms with Gasteiger partial charge in [-0.2, -0.15) is 0 Å². The van der Waals surface area contributed by atoms with Crippen LogP contribution in [0.1, 0.15) is 35.1 Å². The topological polar surface area (TPSA) is 17.0 Å². The number of nitrogens with zero attached hydrogens (tertiary/aromatic N) is 1. The Hall–Kier alpha value is -2.06. The Bertz CT molecular complexity index is 800. The van der Waals surface area contributed by atoms with Crippen LogP contribution in [0.15, 0.2) is 54.7 Å². The van der Waals surface area contributed by atoms with Crippen molar-refractivity contribution in [1.29, 1.82) is 0 Å². The zero-order chi connectivity index (χ0) is 14.4. The number of aryl methyl sites for hydroxylation is 1. The molecule has 1 aromatic heterocycles. The van der Waals surface area contributed by atoms with Crippen LogP contribution in [0.25, 0.3) is 10.9 Å². The van der Waals surface area contributed by atoms with Crippen LogP contribution in [0.3, 0.4) is 0 Å². The Kier molecular flexibility index (Phi) is 2.86. The van der Waals surface area contributed by atoms with Crippen LogP contribution in [0.2, 0.25) is 0 Å². The van der Waals surface area contributed by atoms with Crippen molar-refractivity contribution in [3.63, 3.8) is 0 Å². The van der Waals surface area contributed by atoms with Gasteiger partial charge < -0.3 is 9.88 Å². The molecular weight excluding hydrogens is 256 g/mol. The number of hydrogen-bond acceptors (Lipinski definition) is 1. The maximum Gasteiger partial charge on any atom is 0.0480 e. The highest BCUT2D eigenvalue weighted by Crippen LogP contribution is 2.45. The van der Waals surface area contributed by atoms with E-state index in [-0.39, 0.29) is 0 Å². The summed E-state index contributed by atoms with van der Waals surface area (Å²) >= 11 is 0. The summed E-state index contributed by atoms with van der Waals surface area (Å²) < 4.78 is 2.25. The predicted octanol–water partition coefficient (Wildman–Crippen LogP) is 3.97. The zero-order valence-corrected chi connectivity index (χ0v) is 12.5. The fourth-order valence-electron chi connectivity index (χ4n) is 3.85. The second-order valence-corrected chi connectivity index (χ2v) is 5.97. The first-order valence-electron chi connectivity index (χ1n) is 7.59. The van der Waals surface area contributed by atoms with E-state index < -0.39 is 0 Å². The highest BCUT2D eigenvalue weighted by Gasteiger charge is 2.32. The summed E-state index contributed by atoms with van der Waals surface area (Å²) in [6.45, 7) is 0. The third kappa shape index (κ3) is 1.83. The molecule has 1 heterocycles. The smallest absolute Gasteiger partial charge is 0.0480 e. The number of rotatable bonds is 2. The minimum atomic E-state index is 0.463. The summed E-state index contributed by atoms with van der Waals surface area (Å²) in [6.07, 6.45) is 3.45. The number of para-hydroxylation sites is 1. The molecular formula is C19H20N2. The molecule has 0 radical (unpaired) electrons. The third-order valence-electron chi connectivity index (χ3n) is 4.87. The van der Waals surface area contributed by atoms with Gasteiger partial charge >= 0.3 is 0 Å². The zero-order valence-electron chi connectivity index (χ0n) is 12.5. The Balaban J connectivity index is 1.91. The highest BCUT2D eigenvalue weighted by molar-refractivity contribution is 5.85. The summed E-state index contributed by atoms with van der Waals surface area (Å²) in [4.78, 5) is 0. The van der Waals surface area contributed by atoms with Gasteiger partial charge in [-0.1, -0.05) is 42.5 Å². The normalized spacial score (nSPS) is 20.9. The molecule has 0 bridgehead atoms. The molecule has 0 saturated carbocycles. The van der Waals surface area contributed by atoms with Crippen molar-refractivity contribution in [2.24, 2.45) is 7.05 Å². The first-order valence-corrected chi connectivity index (χ1v) is 7.59. The molecule has 0 spiro atoms. The Morgan fingerprint density at radius 3 is 2.48 bits per heavy atom. The standard InChI is InChI=1S/C19H20N2/c1-20-18-11-16(13-7-3-4-8-14(13)18)17-12-21(2)19-10-6-5-9-15(17)19/h3-10,12,16,18,20H,11H2,1-2H3/t16-,18+/m0/s1. The first kappa shape index (κ1) is 12.7. The lowest BCUT2D eigenvalue weighted by Crippen LogP contribution is -2.13. The molecule has 106 valence electrons. The van der Waals surface area contributed by atoms with E-state index in [1.54, 1.807) is 0 Å². The second-order valence-electron chi connectivity index (χ2n) is 5.97. The number of fused-ring (bicyclic) bond motifs is 2. The van der Waals surface area contributed by atoms with Crippen LogP contribution in [-0.2, 0) is 7.05 Å². The Labute approximate surface area is 125 Å². The van der Waals surface area contributed by atoms with Gasteiger partial charge in [0.25, 0.3) is 0 Å². The van der Waals surface area contributed by atoms with Gasteiger partial charge in [0, 0.05) is 36.1 Å². The minimum Gasteiger partial charge on any atom is -0.350 e. The summed E-state index contributed by atoms with van der Waals surface area (Å²) in [5, 5.41) is 4.85. The molecule has 0 fully saturated rings. The molecule has 21 heavy (non-hydrogen) atoms. The lowest BCUT2D eigenvalue weighted by atomic mass is 9.93. The van der Waals surface area contributed by atoms with Gasteiger partial charge in [0.2, 0.25) is 0 Å². The predicted molar refractivity (Wildman–Crippen MR) is 87.6 cm³/mol. The van der Waals surface area contributed by atoms with Crippen molar-refractivity contribution >= 4 is 10.9 Å². The summed E-state index contributed by atoms with van der Waals surface area (Å²) in [5.41, 5.74) is 5.71. The molecule has 2 aromatic carbocycles. The van der Waals surface area contributed by atoms with Crippen molar-refractivity contribution in [2.75, 3.05) is 7.05 Å². The van der Waals surface area contributed by atoms with Gasteiger partial charge in [0.05, 0.1) is 0 Å². The monoisotopic (exact) mass is 276 g/mol. The average molecular weight is 276 g/mol. The Morgan fingerprint density at radius 1 is 0.952 bits per heavy atom. The number of nitrogens with one attached hydrogen (secondary N) is 1. The fraction of sp³-hybridized carbons (Fsp3) is 0.263. The van der Waals surface area contributed by atoms with Gasteiger partial charge in [-0.25, -0.2) is 0 Å². The van der Waals surface area contributed by atoms with Crippen molar-refractivity contribution < 1.29 is 0 Å². The maximum absolute atomic E-state index is 3.47. The van der Waals surface area contributed by atoms with E-state index in [2.05, 4.69) is 78.7 Å². The average Bonchev–Trinajstić information content (AvgIpc) is 3.06. The summed E-state index contributed by atoms with van der Waals surface area (Å²) in [7, 11) is 4.20. The van der Waals surface area contributed by atoms with E-state index >= 15 is 0 Å². The molecule has 1 aliphatic carbocycles. The SMILES string of the molecule is CN[C@@H]1C[C@H](c2cn(C)c3ccccc23)c2ccccc21. The van der Waals surface area contributed by atoms with Gasteiger partial charge in [-0.15, -0.1) is 0 Å². The lowest BCUT2D eigenvalue weighted by Gasteiger charge is -2.11. The Morgan fingerprint density at radius 2 is 1.67 bits per heavy atom. The minimum absolute atomic E-state index is 0.463. The van der Waals surface area contributed by atoms with Gasteiger partial charge in [-0.05, 0) is 36.2 Å². The maximum atomic E-state index is 3.47. The molecule has 2 heteroatoms. The van der Waals surface area contributed by atoms with Crippen LogP contribution in [0.4, 0.5) is 0 Å². The largest absolute Gasteiger partial charge is 0.350 e. The van der Waals surface area contributed by atoms with Crippen molar-refractivity contribution in [3.05, 3.63) is 71.4 Å². The van der Waals surface area contributed by atoms with Crippen molar-refractivity contribution in [1.82, 2.24) is 9.88 Å². The molecule has 0 unspecified atom stereocenters. The fourth-order valence-corrected chi connectivity index (χ4v) is 3.85. The molecule has 0 amide bonds. The lowest BCUT2D eigenvalue weighted by molar-refractivity contribution is 0.565. The van der Waals surface area contributed by atoms with E-state index in [1.807, 2.05) is 0 Å². The third-order valence-corrected chi connectivity index (χ3v) is 4.87. The molecule has 0 aliphatic heterocycles. The number of aromatic nitrogens is 1. The summed E-state index contributed by atoms with van der Waals surface area (Å²) in [6, 6.07) is 18.0. The van der Waals surface area contributed by atoms with Crippen molar-refractivity contribution in [2.45, 2.75) is 18.4 Å². The summed E-state index contributed by atoms with van der Waals surface area (Å²) in [5.74, 6) is 0.491. The second kappa shape index (κ2) is 4.74. The molecule has 3 aromatic rings. The van der Waals surface area contributed by atoms with Crippen LogP contribution >= 0.6 is 0 Å².